The molecule has 28 heavy (non-hydrogen) atoms. The maximum absolute atomic E-state index is 5.05. The molecule has 1 fully saturated rings. The Kier molecular flexibility index (Phi) is 4.12. The summed E-state index contributed by atoms with van der Waals surface area (Å²) in [5.74, 6) is 1.01. The Balaban J connectivity index is 1.71. The number of ether oxygens (including phenoxy) is 1. The summed E-state index contributed by atoms with van der Waals surface area (Å²) in [5, 5.41) is 3.44. The van der Waals surface area contributed by atoms with E-state index in [2.05, 4.69) is 31.8 Å². The standard InChI is InChI=1S/C20H21N7O/c1-12-25-17-11-22-16-4-3-15(13-9-23-20(28-2)24-10-13)26-18(16)19(17)27(12)14-5-7-21-8-6-14/h3-4,9-11,14,21H,5-8H2,1-2H3. The van der Waals surface area contributed by atoms with Gasteiger partial charge in [0.05, 0.1) is 30.0 Å². The Bertz CT molecular complexity index is 1150. The highest BCUT2D eigenvalue weighted by molar-refractivity contribution is 6.00. The topological polar surface area (TPSA) is 90.6 Å². The molecule has 0 spiro atoms. The highest BCUT2D eigenvalue weighted by atomic mass is 16.5. The lowest BCUT2D eigenvalue weighted by molar-refractivity contribution is 0.370. The summed E-state index contributed by atoms with van der Waals surface area (Å²) in [6, 6.07) is 4.71. The van der Waals surface area contributed by atoms with Gasteiger partial charge >= 0.3 is 6.01 Å². The summed E-state index contributed by atoms with van der Waals surface area (Å²) in [7, 11) is 1.55. The minimum absolute atomic E-state index is 0.341. The number of nitrogens with one attached hydrogen (secondary N) is 1. The van der Waals surface area contributed by atoms with Gasteiger partial charge in [-0.05, 0) is 45.0 Å². The van der Waals surface area contributed by atoms with Crippen LogP contribution in [-0.2, 0) is 0 Å². The number of fused-ring (bicyclic) bond motifs is 3. The molecule has 4 aromatic heterocycles. The van der Waals surface area contributed by atoms with Crippen molar-refractivity contribution in [2.75, 3.05) is 20.2 Å². The molecule has 0 bridgehead atoms. The zero-order chi connectivity index (χ0) is 19.1. The molecule has 1 N–H and O–H groups in total. The molecule has 1 aliphatic rings. The maximum atomic E-state index is 5.05. The molecule has 1 saturated heterocycles. The Morgan fingerprint density at radius 1 is 1.00 bits per heavy atom. The van der Waals surface area contributed by atoms with Gasteiger partial charge in [-0.2, -0.15) is 0 Å². The Morgan fingerprint density at radius 3 is 2.54 bits per heavy atom. The minimum Gasteiger partial charge on any atom is -0.467 e. The predicted molar refractivity (Wildman–Crippen MR) is 106 cm³/mol. The number of pyridine rings is 2. The van der Waals surface area contributed by atoms with Gasteiger partial charge in [0.2, 0.25) is 0 Å². The van der Waals surface area contributed by atoms with Crippen molar-refractivity contribution in [2.24, 2.45) is 0 Å². The molecule has 1 aliphatic heterocycles. The van der Waals surface area contributed by atoms with E-state index in [-0.39, 0.29) is 0 Å². The number of methoxy groups -OCH3 is 1. The molecule has 0 unspecified atom stereocenters. The molecule has 5 rings (SSSR count). The molecule has 0 saturated carbocycles. The van der Waals surface area contributed by atoms with E-state index in [0.717, 1.165) is 65.1 Å². The molecular formula is C20H21N7O. The molecule has 0 atom stereocenters. The van der Waals surface area contributed by atoms with Crippen LogP contribution in [0.2, 0.25) is 0 Å². The predicted octanol–water partition coefficient (Wildman–Crippen LogP) is 2.68. The summed E-state index contributed by atoms with van der Waals surface area (Å²) in [6.45, 7) is 4.11. The van der Waals surface area contributed by atoms with Gasteiger partial charge in [-0.1, -0.05) is 0 Å². The van der Waals surface area contributed by atoms with Gasteiger partial charge < -0.3 is 14.6 Å². The van der Waals surface area contributed by atoms with E-state index in [4.69, 9.17) is 14.7 Å². The van der Waals surface area contributed by atoms with Crippen molar-refractivity contribution in [3.63, 3.8) is 0 Å². The average Bonchev–Trinajstić information content (AvgIpc) is 3.10. The highest BCUT2D eigenvalue weighted by Crippen LogP contribution is 2.31. The first-order valence-corrected chi connectivity index (χ1v) is 9.46. The summed E-state index contributed by atoms with van der Waals surface area (Å²) < 4.78 is 7.40. The van der Waals surface area contributed by atoms with E-state index in [9.17, 15) is 0 Å². The van der Waals surface area contributed by atoms with Crippen LogP contribution in [0.5, 0.6) is 6.01 Å². The van der Waals surface area contributed by atoms with Gasteiger partial charge in [0.15, 0.2) is 0 Å². The first kappa shape index (κ1) is 17.0. The summed E-state index contributed by atoms with van der Waals surface area (Å²) in [5.41, 5.74) is 5.32. The molecule has 0 amide bonds. The number of nitrogens with zero attached hydrogens (tertiary/aromatic N) is 6. The SMILES string of the molecule is COc1ncc(-c2ccc3ncc4nc(C)n(C5CCNCC5)c4c3n2)cn1. The zero-order valence-corrected chi connectivity index (χ0v) is 15.9. The van der Waals surface area contributed by atoms with Crippen molar-refractivity contribution in [3.8, 4) is 17.3 Å². The van der Waals surface area contributed by atoms with Crippen molar-refractivity contribution in [3.05, 3.63) is 36.5 Å². The summed E-state index contributed by atoms with van der Waals surface area (Å²) in [6.07, 6.45) is 7.47. The molecule has 142 valence electrons. The molecule has 8 nitrogen and oxygen atoms in total. The average molecular weight is 375 g/mol. The second kappa shape index (κ2) is 6.79. The third-order valence-corrected chi connectivity index (χ3v) is 5.32. The van der Waals surface area contributed by atoms with Crippen LogP contribution in [0, 0.1) is 6.92 Å². The van der Waals surface area contributed by atoms with E-state index in [1.807, 2.05) is 18.3 Å². The van der Waals surface area contributed by atoms with Crippen LogP contribution in [0.1, 0.15) is 24.7 Å². The van der Waals surface area contributed by atoms with Crippen LogP contribution >= 0.6 is 0 Å². The van der Waals surface area contributed by atoms with Gasteiger partial charge in [-0.25, -0.2) is 19.9 Å². The molecule has 0 aromatic carbocycles. The molecule has 8 heteroatoms. The lowest BCUT2D eigenvalue weighted by Gasteiger charge is -2.25. The van der Waals surface area contributed by atoms with Gasteiger partial charge in [0.25, 0.3) is 0 Å². The van der Waals surface area contributed by atoms with Crippen LogP contribution in [-0.4, -0.2) is 49.7 Å². The van der Waals surface area contributed by atoms with Crippen molar-refractivity contribution in [1.29, 1.82) is 0 Å². The number of imidazole rings is 1. The fourth-order valence-corrected chi connectivity index (χ4v) is 3.98. The van der Waals surface area contributed by atoms with Crippen LogP contribution in [0.15, 0.2) is 30.7 Å². The van der Waals surface area contributed by atoms with Gasteiger partial charge in [0, 0.05) is 24.0 Å². The Hall–Kier alpha value is -3.13. The van der Waals surface area contributed by atoms with Gasteiger partial charge in [-0.15, -0.1) is 0 Å². The third-order valence-electron chi connectivity index (χ3n) is 5.32. The van der Waals surface area contributed by atoms with E-state index in [0.29, 0.717) is 12.1 Å². The number of aromatic nitrogens is 6. The Morgan fingerprint density at radius 2 is 1.79 bits per heavy atom. The van der Waals surface area contributed by atoms with E-state index in [1.165, 1.54) is 0 Å². The van der Waals surface area contributed by atoms with E-state index < -0.39 is 0 Å². The number of piperidine rings is 1. The first-order chi connectivity index (χ1) is 13.7. The normalized spacial score (nSPS) is 15.4. The molecular weight excluding hydrogens is 354 g/mol. The molecule has 4 aromatic rings. The van der Waals surface area contributed by atoms with Crippen LogP contribution in [0.4, 0.5) is 0 Å². The number of rotatable bonds is 3. The largest absolute Gasteiger partial charge is 0.467 e. The number of aryl methyl sites for hydroxylation is 1. The smallest absolute Gasteiger partial charge is 0.316 e. The third kappa shape index (κ3) is 2.77. The molecule has 0 radical (unpaired) electrons. The highest BCUT2D eigenvalue weighted by Gasteiger charge is 2.22. The number of hydrogen-bond donors (Lipinski definition) is 1. The zero-order valence-electron chi connectivity index (χ0n) is 15.9. The van der Waals surface area contributed by atoms with Crippen LogP contribution in [0.3, 0.4) is 0 Å². The van der Waals surface area contributed by atoms with Crippen LogP contribution < -0.4 is 10.1 Å². The summed E-state index contributed by atoms with van der Waals surface area (Å²) in [4.78, 5) is 22.7. The lowest BCUT2D eigenvalue weighted by atomic mass is 10.1. The second-order valence-corrected chi connectivity index (χ2v) is 7.02. The number of hydrogen-bond acceptors (Lipinski definition) is 7. The Labute approximate surface area is 162 Å². The fourth-order valence-electron chi connectivity index (χ4n) is 3.98. The monoisotopic (exact) mass is 375 g/mol. The maximum Gasteiger partial charge on any atom is 0.316 e. The van der Waals surface area contributed by atoms with Crippen molar-refractivity contribution < 1.29 is 4.74 Å². The van der Waals surface area contributed by atoms with Crippen molar-refractivity contribution >= 4 is 22.1 Å². The first-order valence-electron chi connectivity index (χ1n) is 9.46. The van der Waals surface area contributed by atoms with E-state index in [1.54, 1.807) is 19.5 Å². The molecule has 5 heterocycles. The van der Waals surface area contributed by atoms with Crippen molar-refractivity contribution in [2.45, 2.75) is 25.8 Å². The minimum atomic E-state index is 0.341. The molecule has 0 aliphatic carbocycles. The quantitative estimate of drug-likeness (QED) is 0.589. The lowest BCUT2D eigenvalue weighted by Crippen LogP contribution is -2.29. The van der Waals surface area contributed by atoms with Gasteiger partial charge in [0.1, 0.15) is 16.9 Å². The second-order valence-electron chi connectivity index (χ2n) is 7.02. The van der Waals surface area contributed by atoms with E-state index >= 15 is 0 Å². The van der Waals surface area contributed by atoms with Crippen LogP contribution in [0.25, 0.3) is 33.3 Å². The van der Waals surface area contributed by atoms with Crippen molar-refractivity contribution in [1.82, 2.24) is 34.8 Å². The summed E-state index contributed by atoms with van der Waals surface area (Å²) >= 11 is 0. The fraction of sp³-hybridized carbons (Fsp3) is 0.350. The van der Waals surface area contributed by atoms with Gasteiger partial charge in [-0.3, -0.25) is 4.98 Å².